The SMILES string of the molecule is CCC(Nc1cccnc1Cl)c1ccccc1OC. The first-order valence-corrected chi connectivity index (χ1v) is 6.64. The lowest BCUT2D eigenvalue weighted by Crippen LogP contribution is -2.11. The number of hydrogen-bond donors (Lipinski definition) is 1. The van der Waals surface area contributed by atoms with Crippen molar-refractivity contribution < 1.29 is 4.74 Å². The average Bonchev–Trinajstić information content (AvgIpc) is 2.46. The maximum absolute atomic E-state index is 6.08. The second-order valence-electron chi connectivity index (χ2n) is 4.19. The van der Waals surface area contributed by atoms with Gasteiger partial charge in [-0.25, -0.2) is 4.98 Å². The first-order valence-electron chi connectivity index (χ1n) is 6.26. The van der Waals surface area contributed by atoms with Crippen molar-refractivity contribution in [2.45, 2.75) is 19.4 Å². The van der Waals surface area contributed by atoms with Crippen molar-refractivity contribution >= 4 is 17.3 Å². The van der Waals surface area contributed by atoms with Gasteiger partial charge >= 0.3 is 0 Å². The molecule has 0 bridgehead atoms. The monoisotopic (exact) mass is 276 g/mol. The molecule has 0 aliphatic rings. The van der Waals surface area contributed by atoms with Crippen molar-refractivity contribution in [1.82, 2.24) is 4.98 Å². The molecule has 4 heteroatoms. The molecule has 0 spiro atoms. The molecule has 0 fully saturated rings. The molecule has 0 radical (unpaired) electrons. The van der Waals surface area contributed by atoms with Crippen LogP contribution in [0, 0.1) is 0 Å². The Hall–Kier alpha value is -1.74. The van der Waals surface area contributed by atoms with Gasteiger partial charge in [-0.3, -0.25) is 0 Å². The third-order valence-electron chi connectivity index (χ3n) is 3.01. The Kier molecular flexibility index (Phi) is 4.63. The number of nitrogens with one attached hydrogen (secondary N) is 1. The number of pyridine rings is 1. The zero-order valence-electron chi connectivity index (χ0n) is 11.1. The van der Waals surface area contributed by atoms with E-state index in [1.807, 2.05) is 30.3 Å². The van der Waals surface area contributed by atoms with E-state index in [0.29, 0.717) is 5.15 Å². The Bertz CT molecular complexity index is 545. The van der Waals surface area contributed by atoms with Crippen LogP contribution in [0.5, 0.6) is 5.75 Å². The first-order chi connectivity index (χ1) is 9.26. The van der Waals surface area contributed by atoms with Gasteiger partial charge in [0.2, 0.25) is 0 Å². The number of aromatic nitrogens is 1. The van der Waals surface area contributed by atoms with Crippen molar-refractivity contribution in [3.63, 3.8) is 0 Å². The number of hydrogen-bond acceptors (Lipinski definition) is 3. The van der Waals surface area contributed by atoms with Crippen molar-refractivity contribution in [3.8, 4) is 5.75 Å². The van der Waals surface area contributed by atoms with Crippen LogP contribution >= 0.6 is 11.6 Å². The molecule has 0 amide bonds. The summed E-state index contributed by atoms with van der Waals surface area (Å²) in [6.07, 6.45) is 2.60. The molecule has 1 N–H and O–H groups in total. The normalized spacial score (nSPS) is 11.9. The van der Waals surface area contributed by atoms with Crippen molar-refractivity contribution in [2.75, 3.05) is 12.4 Å². The number of para-hydroxylation sites is 1. The Labute approximate surface area is 118 Å². The van der Waals surface area contributed by atoms with E-state index in [0.717, 1.165) is 23.4 Å². The Morgan fingerprint density at radius 2 is 2.05 bits per heavy atom. The largest absolute Gasteiger partial charge is 0.496 e. The summed E-state index contributed by atoms with van der Waals surface area (Å²) in [6, 6.07) is 11.9. The summed E-state index contributed by atoms with van der Waals surface area (Å²) in [6.45, 7) is 2.12. The highest BCUT2D eigenvalue weighted by molar-refractivity contribution is 6.31. The number of ether oxygens (including phenoxy) is 1. The topological polar surface area (TPSA) is 34.2 Å². The van der Waals surface area contributed by atoms with Crippen LogP contribution in [0.15, 0.2) is 42.6 Å². The van der Waals surface area contributed by atoms with Gasteiger partial charge in [0.25, 0.3) is 0 Å². The molecular formula is C15H17ClN2O. The van der Waals surface area contributed by atoms with Gasteiger partial charge in [-0.2, -0.15) is 0 Å². The standard InChI is InChI=1S/C15H17ClN2O/c1-3-12(11-7-4-5-9-14(11)19-2)18-13-8-6-10-17-15(13)16/h4-10,12,18H,3H2,1-2H3. The lowest BCUT2D eigenvalue weighted by molar-refractivity contribution is 0.406. The van der Waals surface area contributed by atoms with Gasteiger partial charge in [-0.05, 0) is 24.6 Å². The fraction of sp³-hybridized carbons (Fsp3) is 0.267. The van der Waals surface area contributed by atoms with Crippen LogP contribution in [0.4, 0.5) is 5.69 Å². The molecular weight excluding hydrogens is 260 g/mol. The molecule has 2 rings (SSSR count). The van der Waals surface area contributed by atoms with Gasteiger partial charge in [0.05, 0.1) is 18.8 Å². The van der Waals surface area contributed by atoms with Gasteiger partial charge in [-0.15, -0.1) is 0 Å². The summed E-state index contributed by atoms with van der Waals surface area (Å²) >= 11 is 6.08. The molecule has 0 aliphatic carbocycles. The van der Waals surface area contributed by atoms with Crippen LogP contribution in [0.2, 0.25) is 5.15 Å². The number of benzene rings is 1. The van der Waals surface area contributed by atoms with E-state index in [2.05, 4.69) is 23.3 Å². The maximum Gasteiger partial charge on any atom is 0.152 e. The molecule has 3 nitrogen and oxygen atoms in total. The third kappa shape index (κ3) is 3.18. The lowest BCUT2D eigenvalue weighted by atomic mass is 10.0. The quantitative estimate of drug-likeness (QED) is 0.827. The van der Waals surface area contributed by atoms with E-state index in [1.165, 1.54) is 0 Å². The summed E-state index contributed by atoms with van der Waals surface area (Å²) in [4.78, 5) is 4.07. The Morgan fingerprint density at radius 1 is 1.26 bits per heavy atom. The second kappa shape index (κ2) is 6.43. The summed E-state index contributed by atoms with van der Waals surface area (Å²) in [5.41, 5.74) is 1.95. The summed E-state index contributed by atoms with van der Waals surface area (Å²) in [7, 11) is 1.68. The van der Waals surface area contributed by atoms with E-state index in [4.69, 9.17) is 16.3 Å². The van der Waals surface area contributed by atoms with Crippen LogP contribution in [0.1, 0.15) is 24.9 Å². The molecule has 0 aliphatic heterocycles. The van der Waals surface area contributed by atoms with E-state index in [-0.39, 0.29) is 6.04 Å². The van der Waals surface area contributed by atoms with Crippen LogP contribution < -0.4 is 10.1 Å². The molecule has 1 aromatic heterocycles. The zero-order chi connectivity index (χ0) is 13.7. The fourth-order valence-electron chi connectivity index (χ4n) is 2.04. The maximum atomic E-state index is 6.08. The minimum atomic E-state index is 0.137. The smallest absolute Gasteiger partial charge is 0.152 e. The van der Waals surface area contributed by atoms with Crippen LogP contribution in [-0.4, -0.2) is 12.1 Å². The summed E-state index contributed by atoms with van der Waals surface area (Å²) in [5.74, 6) is 0.877. The number of anilines is 1. The van der Waals surface area contributed by atoms with E-state index >= 15 is 0 Å². The molecule has 1 atom stereocenters. The minimum Gasteiger partial charge on any atom is -0.496 e. The number of halogens is 1. The minimum absolute atomic E-state index is 0.137. The van der Waals surface area contributed by atoms with Crippen LogP contribution in [0.25, 0.3) is 0 Å². The van der Waals surface area contributed by atoms with Gasteiger partial charge in [0.1, 0.15) is 5.75 Å². The fourth-order valence-corrected chi connectivity index (χ4v) is 2.21. The van der Waals surface area contributed by atoms with E-state index < -0.39 is 0 Å². The van der Waals surface area contributed by atoms with Gasteiger partial charge in [-0.1, -0.05) is 36.7 Å². The highest BCUT2D eigenvalue weighted by Crippen LogP contribution is 2.31. The molecule has 0 saturated heterocycles. The Balaban J connectivity index is 2.28. The highest BCUT2D eigenvalue weighted by atomic mass is 35.5. The number of nitrogens with zero attached hydrogens (tertiary/aromatic N) is 1. The molecule has 0 saturated carbocycles. The molecule has 19 heavy (non-hydrogen) atoms. The predicted molar refractivity (Wildman–Crippen MR) is 78.9 cm³/mol. The van der Waals surface area contributed by atoms with Gasteiger partial charge < -0.3 is 10.1 Å². The molecule has 1 aromatic carbocycles. The van der Waals surface area contributed by atoms with Gasteiger partial charge in [0, 0.05) is 11.8 Å². The second-order valence-corrected chi connectivity index (χ2v) is 4.55. The van der Waals surface area contributed by atoms with Crippen LogP contribution in [-0.2, 0) is 0 Å². The van der Waals surface area contributed by atoms with E-state index in [9.17, 15) is 0 Å². The number of rotatable bonds is 5. The number of methoxy groups -OCH3 is 1. The zero-order valence-corrected chi connectivity index (χ0v) is 11.8. The molecule has 1 unspecified atom stereocenters. The lowest BCUT2D eigenvalue weighted by Gasteiger charge is -2.21. The average molecular weight is 277 g/mol. The van der Waals surface area contributed by atoms with Gasteiger partial charge in [0.15, 0.2) is 5.15 Å². The summed E-state index contributed by atoms with van der Waals surface area (Å²) < 4.78 is 5.41. The highest BCUT2D eigenvalue weighted by Gasteiger charge is 2.15. The summed E-state index contributed by atoms with van der Waals surface area (Å²) in [5, 5.41) is 3.90. The molecule has 1 heterocycles. The van der Waals surface area contributed by atoms with E-state index in [1.54, 1.807) is 13.3 Å². The van der Waals surface area contributed by atoms with Crippen LogP contribution in [0.3, 0.4) is 0 Å². The molecule has 100 valence electrons. The Morgan fingerprint density at radius 3 is 2.74 bits per heavy atom. The van der Waals surface area contributed by atoms with Crippen molar-refractivity contribution in [3.05, 3.63) is 53.3 Å². The van der Waals surface area contributed by atoms with Crippen molar-refractivity contribution in [1.29, 1.82) is 0 Å². The molecule has 2 aromatic rings. The third-order valence-corrected chi connectivity index (χ3v) is 3.31. The first kappa shape index (κ1) is 13.7. The van der Waals surface area contributed by atoms with Crippen molar-refractivity contribution in [2.24, 2.45) is 0 Å². The predicted octanol–water partition coefficient (Wildman–Crippen LogP) is 4.31.